The second kappa shape index (κ2) is 12.2. The quantitative estimate of drug-likeness (QED) is 0.177. The van der Waals surface area contributed by atoms with Crippen LogP contribution < -0.4 is 0 Å². The molecule has 4 aromatic heterocycles. The molecule has 11 rings (SSSR count). The van der Waals surface area contributed by atoms with Crippen LogP contribution in [-0.4, -0.2) is 19.9 Å². The highest BCUT2D eigenvalue weighted by Gasteiger charge is 2.20. The summed E-state index contributed by atoms with van der Waals surface area (Å²) in [6.07, 6.45) is 0. The molecule has 0 saturated carbocycles. The Hall–Kier alpha value is -6.12. The Morgan fingerprint density at radius 1 is 0.321 bits per heavy atom. The second-order valence-corrected chi connectivity index (χ2v) is 16.2. The fourth-order valence-electron chi connectivity index (χ4n) is 7.29. The predicted molar refractivity (Wildman–Crippen MR) is 226 cm³/mol. The summed E-state index contributed by atoms with van der Waals surface area (Å²) >= 11 is 5.34. The molecule has 0 aliphatic heterocycles. The summed E-state index contributed by atoms with van der Waals surface area (Å²) < 4.78 is 6.11. The van der Waals surface area contributed by atoms with Gasteiger partial charge in [-0.25, -0.2) is 19.9 Å². The number of hydrogen-bond donors (Lipinski definition) is 0. The number of benzene rings is 7. The molecule has 0 N–H and O–H groups in total. The lowest BCUT2D eigenvalue weighted by Crippen LogP contribution is -2.00. The zero-order valence-electron chi connectivity index (χ0n) is 28.0. The molecule has 0 aliphatic carbocycles. The van der Waals surface area contributed by atoms with Gasteiger partial charge in [-0.3, -0.25) is 0 Å². The number of nitrogens with zero attached hydrogens (tertiary/aromatic N) is 4. The highest BCUT2D eigenvalue weighted by Crippen LogP contribution is 2.43. The van der Waals surface area contributed by atoms with Crippen LogP contribution in [0.15, 0.2) is 158 Å². The number of thiophene rings is 2. The number of para-hydroxylation sites is 1. The first-order valence-electron chi connectivity index (χ1n) is 17.4. The van der Waals surface area contributed by atoms with Crippen LogP contribution >= 0.6 is 34.0 Å². The van der Waals surface area contributed by atoms with E-state index >= 15 is 0 Å². The number of hydrogen-bond acceptors (Lipinski definition) is 7. The molecule has 0 amide bonds. The third-order valence-electron chi connectivity index (χ3n) is 9.81. The number of rotatable bonds is 5. The molecule has 248 valence electrons. The lowest BCUT2D eigenvalue weighted by atomic mass is 9.99. The largest absolute Gasteiger partial charge is 0.236 e. The van der Waals surface area contributed by atoms with Gasteiger partial charge in [0.2, 0.25) is 0 Å². The summed E-state index contributed by atoms with van der Waals surface area (Å²) in [6, 6.07) is 55.6. The van der Waals surface area contributed by atoms with Gasteiger partial charge in [-0.05, 0) is 53.6 Å². The van der Waals surface area contributed by atoms with E-state index < -0.39 is 0 Å². The van der Waals surface area contributed by atoms with Gasteiger partial charge in [0.1, 0.15) is 5.01 Å². The fourth-order valence-corrected chi connectivity index (χ4v) is 10.5. The van der Waals surface area contributed by atoms with Crippen LogP contribution in [0.2, 0.25) is 0 Å². The Morgan fingerprint density at radius 2 is 0.887 bits per heavy atom. The second-order valence-electron chi connectivity index (χ2n) is 13.0. The molecular formula is C46H26N4S3. The Balaban J connectivity index is 1.07. The van der Waals surface area contributed by atoms with E-state index in [1.54, 1.807) is 34.0 Å². The lowest BCUT2D eigenvalue weighted by Gasteiger charge is -2.11. The standard InChI is InChI=1S/C46H26N4S3/c1-2-10-28(11-3-1)43-48-44(32-13-8-18-39-41(32)31-12-4-6-16-36(31)51-39)50-45(49-43)33-14-9-19-40-42(33)34-26-30(24-25-37(34)52-40)27-20-22-29(23-21-27)46-47-35-15-5-7-17-38(35)53-46/h1-26H. The Labute approximate surface area is 316 Å². The minimum Gasteiger partial charge on any atom is -0.236 e. The van der Waals surface area contributed by atoms with Crippen molar-refractivity contribution in [2.24, 2.45) is 0 Å². The molecule has 0 saturated heterocycles. The van der Waals surface area contributed by atoms with Crippen molar-refractivity contribution in [3.05, 3.63) is 158 Å². The highest BCUT2D eigenvalue weighted by atomic mass is 32.1. The summed E-state index contributed by atoms with van der Waals surface area (Å²) in [5.41, 5.74) is 7.47. The summed E-state index contributed by atoms with van der Waals surface area (Å²) in [4.78, 5) is 20.5. The van der Waals surface area contributed by atoms with Crippen molar-refractivity contribution in [3.63, 3.8) is 0 Å². The molecule has 0 spiro atoms. The highest BCUT2D eigenvalue weighted by molar-refractivity contribution is 7.26. The summed E-state index contributed by atoms with van der Waals surface area (Å²) in [5.74, 6) is 2.00. The van der Waals surface area contributed by atoms with Gasteiger partial charge in [0.15, 0.2) is 17.5 Å². The first kappa shape index (κ1) is 30.5. The Kier molecular flexibility index (Phi) is 7.05. The van der Waals surface area contributed by atoms with Gasteiger partial charge in [-0.1, -0.05) is 115 Å². The lowest BCUT2D eigenvalue weighted by molar-refractivity contribution is 1.08. The molecule has 4 nitrogen and oxygen atoms in total. The van der Waals surface area contributed by atoms with Gasteiger partial charge in [-0.15, -0.1) is 34.0 Å². The normalized spacial score (nSPS) is 11.8. The van der Waals surface area contributed by atoms with E-state index in [1.165, 1.54) is 50.8 Å². The van der Waals surface area contributed by atoms with E-state index in [0.717, 1.165) is 38.2 Å². The zero-order chi connectivity index (χ0) is 34.9. The SMILES string of the molecule is c1ccc(-c2nc(-c3cccc4sc5ccccc5c34)nc(-c3cccc4sc5ccc(-c6ccc(-c7nc8ccccc8s7)cc6)cc5c34)n2)cc1. The molecule has 0 unspecified atom stereocenters. The van der Waals surface area contributed by atoms with Crippen LogP contribution in [0, 0.1) is 0 Å². The van der Waals surface area contributed by atoms with Crippen molar-refractivity contribution < 1.29 is 0 Å². The molecule has 0 aliphatic rings. The van der Waals surface area contributed by atoms with Crippen LogP contribution in [0.5, 0.6) is 0 Å². The topological polar surface area (TPSA) is 51.6 Å². The van der Waals surface area contributed by atoms with E-state index in [9.17, 15) is 0 Å². The average Bonchev–Trinajstić information content (AvgIpc) is 3.94. The molecule has 0 fully saturated rings. The minimum atomic E-state index is 0.660. The first-order chi connectivity index (χ1) is 26.2. The van der Waals surface area contributed by atoms with Gasteiger partial charge in [0, 0.05) is 62.6 Å². The maximum Gasteiger partial charge on any atom is 0.164 e. The van der Waals surface area contributed by atoms with Gasteiger partial charge in [-0.2, -0.15) is 0 Å². The maximum atomic E-state index is 5.29. The fraction of sp³-hybridized carbons (Fsp3) is 0. The third kappa shape index (κ3) is 5.16. The summed E-state index contributed by atoms with van der Waals surface area (Å²) in [6.45, 7) is 0. The Morgan fingerprint density at radius 3 is 1.62 bits per heavy atom. The van der Waals surface area contributed by atoms with Crippen LogP contribution in [0.25, 0.3) is 106 Å². The summed E-state index contributed by atoms with van der Waals surface area (Å²) in [5, 5.41) is 5.80. The zero-order valence-corrected chi connectivity index (χ0v) is 30.5. The monoisotopic (exact) mass is 730 g/mol. The molecule has 0 atom stereocenters. The third-order valence-corrected chi connectivity index (χ3v) is 13.2. The minimum absolute atomic E-state index is 0.660. The van der Waals surface area contributed by atoms with Crippen molar-refractivity contribution in [2.75, 3.05) is 0 Å². The maximum absolute atomic E-state index is 5.29. The van der Waals surface area contributed by atoms with Crippen LogP contribution in [-0.2, 0) is 0 Å². The van der Waals surface area contributed by atoms with Crippen molar-refractivity contribution in [2.45, 2.75) is 0 Å². The van der Waals surface area contributed by atoms with E-state index in [4.69, 9.17) is 19.9 Å². The van der Waals surface area contributed by atoms with E-state index in [1.807, 2.05) is 24.3 Å². The Bertz CT molecular complexity index is 3140. The van der Waals surface area contributed by atoms with E-state index in [0.29, 0.717) is 17.5 Å². The number of thiazole rings is 1. The molecule has 4 heterocycles. The average molecular weight is 731 g/mol. The molecule has 53 heavy (non-hydrogen) atoms. The molecule has 7 aromatic carbocycles. The summed E-state index contributed by atoms with van der Waals surface area (Å²) in [7, 11) is 0. The smallest absolute Gasteiger partial charge is 0.164 e. The van der Waals surface area contributed by atoms with E-state index in [2.05, 4.69) is 133 Å². The molecule has 0 radical (unpaired) electrons. The van der Waals surface area contributed by atoms with Gasteiger partial charge in [0.05, 0.1) is 10.2 Å². The van der Waals surface area contributed by atoms with Gasteiger partial charge < -0.3 is 0 Å². The molecular weight excluding hydrogens is 705 g/mol. The predicted octanol–water partition coefficient (Wildman–Crippen LogP) is 13.6. The van der Waals surface area contributed by atoms with Crippen LogP contribution in [0.4, 0.5) is 0 Å². The molecule has 0 bridgehead atoms. The van der Waals surface area contributed by atoms with Gasteiger partial charge in [0.25, 0.3) is 0 Å². The van der Waals surface area contributed by atoms with Crippen LogP contribution in [0.1, 0.15) is 0 Å². The number of fused-ring (bicyclic) bond motifs is 7. The van der Waals surface area contributed by atoms with Crippen molar-refractivity contribution in [3.8, 4) is 55.9 Å². The van der Waals surface area contributed by atoms with Crippen LogP contribution in [0.3, 0.4) is 0 Å². The van der Waals surface area contributed by atoms with Crippen molar-refractivity contribution >= 4 is 84.6 Å². The first-order valence-corrected chi connectivity index (χ1v) is 19.8. The van der Waals surface area contributed by atoms with E-state index in [-0.39, 0.29) is 0 Å². The van der Waals surface area contributed by atoms with Gasteiger partial charge >= 0.3 is 0 Å². The molecule has 11 aromatic rings. The van der Waals surface area contributed by atoms with Crippen molar-refractivity contribution in [1.82, 2.24) is 19.9 Å². The molecule has 7 heteroatoms. The number of aromatic nitrogens is 4. The van der Waals surface area contributed by atoms with Crippen molar-refractivity contribution in [1.29, 1.82) is 0 Å².